The maximum atomic E-state index is 4.92. The number of ether oxygens (including phenoxy) is 3. The Kier molecular flexibility index (Phi) is 11.5. The highest BCUT2D eigenvalue weighted by atomic mass is 16.7. The standard InChI is InChI=1S/C6H16N2O5/c7-12-3-1-9-5-11-6-10-2-4-13-8/h1-8H2. The fourth-order valence-corrected chi connectivity index (χ4v) is 0.484. The van der Waals surface area contributed by atoms with E-state index in [0.717, 1.165) is 0 Å². The summed E-state index contributed by atoms with van der Waals surface area (Å²) >= 11 is 0. The van der Waals surface area contributed by atoms with Crippen molar-refractivity contribution in [3.05, 3.63) is 0 Å². The molecule has 0 atom stereocenters. The van der Waals surface area contributed by atoms with Crippen molar-refractivity contribution < 1.29 is 23.9 Å². The summed E-state index contributed by atoms with van der Waals surface area (Å²) in [6.07, 6.45) is 0. The van der Waals surface area contributed by atoms with Gasteiger partial charge in [-0.2, -0.15) is 0 Å². The topological polar surface area (TPSA) is 98.2 Å². The molecule has 0 heterocycles. The van der Waals surface area contributed by atoms with Crippen LogP contribution in [0, 0.1) is 0 Å². The van der Waals surface area contributed by atoms with Crippen LogP contribution in [-0.2, 0) is 23.9 Å². The molecule has 0 aliphatic carbocycles. The Morgan fingerprint density at radius 3 is 1.46 bits per heavy atom. The van der Waals surface area contributed by atoms with Crippen LogP contribution in [0.5, 0.6) is 0 Å². The quantitative estimate of drug-likeness (QED) is 0.255. The van der Waals surface area contributed by atoms with E-state index in [2.05, 4.69) is 9.68 Å². The molecule has 0 amide bonds. The molecule has 0 saturated heterocycles. The largest absolute Gasteiger partial charge is 0.353 e. The first-order valence-corrected chi connectivity index (χ1v) is 3.78. The number of hydrogen-bond acceptors (Lipinski definition) is 7. The Balaban J connectivity index is 2.76. The zero-order valence-corrected chi connectivity index (χ0v) is 7.44. The van der Waals surface area contributed by atoms with Crippen molar-refractivity contribution in [1.82, 2.24) is 0 Å². The lowest BCUT2D eigenvalue weighted by Gasteiger charge is -2.05. The zero-order valence-electron chi connectivity index (χ0n) is 7.44. The van der Waals surface area contributed by atoms with Crippen LogP contribution in [0.1, 0.15) is 0 Å². The second-order valence-electron chi connectivity index (χ2n) is 2.00. The molecule has 0 fully saturated rings. The van der Waals surface area contributed by atoms with Gasteiger partial charge < -0.3 is 23.9 Å². The molecule has 0 aliphatic rings. The van der Waals surface area contributed by atoms with E-state index in [9.17, 15) is 0 Å². The first kappa shape index (κ1) is 12.7. The molecule has 0 aromatic heterocycles. The van der Waals surface area contributed by atoms with Gasteiger partial charge in [0.25, 0.3) is 0 Å². The smallest absolute Gasteiger partial charge is 0.149 e. The maximum Gasteiger partial charge on any atom is 0.149 e. The predicted molar refractivity (Wildman–Crippen MR) is 43.0 cm³/mol. The summed E-state index contributed by atoms with van der Waals surface area (Å²) in [6, 6.07) is 0. The van der Waals surface area contributed by atoms with Crippen LogP contribution < -0.4 is 11.8 Å². The summed E-state index contributed by atoms with van der Waals surface area (Å²) in [5, 5.41) is 0. The van der Waals surface area contributed by atoms with Gasteiger partial charge in [-0.25, -0.2) is 11.8 Å². The molecule has 0 rings (SSSR count). The highest BCUT2D eigenvalue weighted by Crippen LogP contribution is 1.81. The molecule has 13 heavy (non-hydrogen) atoms. The third-order valence-corrected chi connectivity index (χ3v) is 1.02. The van der Waals surface area contributed by atoms with Gasteiger partial charge in [-0.05, 0) is 0 Å². The summed E-state index contributed by atoms with van der Waals surface area (Å²) < 4.78 is 14.7. The van der Waals surface area contributed by atoms with Crippen molar-refractivity contribution in [3.63, 3.8) is 0 Å². The molecule has 0 unspecified atom stereocenters. The third kappa shape index (κ3) is 11.7. The molecule has 4 N–H and O–H groups in total. The SMILES string of the molecule is NOCCOCOCOCCON. The Morgan fingerprint density at radius 2 is 1.08 bits per heavy atom. The van der Waals surface area contributed by atoms with Crippen LogP contribution in [0.2, 0.25) is 0 Å². The third-order valence-electron chi connectivity index (χ3n) is 1.02. The first-order chi connectivity index (χ1) is 6.41. The fourth-order valence-electron chi connectivity index (χ4n) is 0.484. The van der Waals surface area contributed by atoms with Gasteiger partial charge in [0, 0.05) is 0 Å². The first-order valence-electron chi connectivity index (χ1n) is 3.78. The van der Waals surface area contributed by atoms with Gasteiger partial charge in [0.15, 0.2) is 0 Å². The van der Waals surface area contributed by atoms with E-state index < -0.39 is 0 Å². The van der Waals surface area contributed by atoms with Crippen LogP contribution in [-0.4, -0.2) is 40.0 Å². The summed E-state index contributed by atoms with van der Waals surface area (Å²) in [5.41, 5.74) is 0. The van der Waals surface area contributed by atoms with Crippen LogP contribution in [0.25, 0.3) is 0 Å². The second kappa shape index (κ2) is 11.7. The molecule has 0 saturated carbocycles. The fraction of sp³-hybridized carbons (Fsp3) is 1.00. The zero-order chi connectivity index (χ0) is 9.78. The Bertz CT molecular complexity index is 85.1. The van der Waals surface area contributed by atoms with Gasteiger partial charge in [0.2, 0.25) is 0 Å². The molecule has 0 radical (unpaired) electrons. The minimum absolute atomic E-state index is 0.146. The van der Waals surface area contributed by atoms with Gasteiger partial charge >= 0.3 is 0 Å². The highest BCUT2D eigenvalue weighted by Gasteiger charge is 1.89. The van der Waals surface area contributed by atoms with Gasteiger partial charge in [-0.3, -0.25) is 0 Å². The number of rotatable bonds is 10. The molecule has 0 aromatic carbocycles. The summed E-state index contributed by atoms with van der Waals surface area (Å²) in [5.74, 6) is 9.51. The van der Waals surface area contributed by atoms with Crippen LogP contribution in [0.4, 0.5) is 0 Å². The molecule has 0 aromatic rings. The monoisotopic (exact) mass is 196 g/mol. The molecule has 7 nitrogen and oxygen atoms in total. The molecule has 80 valence electrons. The molecule has 0 spiro atoms. The van der Waals surface area contributed by atoms with Gasteiger partial charge in [0.05, 0.1) is 26.4 Å². The maximum absolute atomic E-state index is 4.92. The van der Waals surface area contributed by atoms with Crippen molar-refractivity contribution >= 4 is 0 Å². The van der Waals surface area contributed by atoms with E-state index >= 15 is 0 Å². The molecular weight excluding hydrogens is 180 g/mol. The van der Waals surface area contributed by atoms with Crippen molar-refractivity contribution in [2.24, 2.45) is 11.8 Å². The van der Waals surface area contributed by atoms with E-state index in [1.165, 1.54) is 0 Å². The highest BCUT2D eigenvalue weighted by molar-refractivity contribution is 4.22. The minimum atomic E-state index is 0.146. The average molecular weight is 196 g/mol. The summed E-state index contributed by atoms with van der Waals surface area (Å²) in [7, 11) is 0. The van der Waals surface area contributed by atoms with E-state index in [1.807, 2.05) is 0 Å². The van der Waals surface area contributed by atoms with Crippen molar-refractivity contribution in [2.45, 2.75) is 0 Å². The van der Waals surface area contributed by atoms with Crippen LogP contribution in [0.3, 0.4) is 0 Å². The Morgan fingerprint density at radius 1 is 0.615 bits per heavy atom. The molecule has 0 aliphatic heterocycles. The van der Waals surface area contributed by atoms with Crippen molar-refractivity contribution in [3.8, 4) is 0 Å². The van der Waals surface area contributed by atoms with E-state index in [0.29, 0.717) is 26.4 Å². The summed E-state index contributed by atoms with van der Waals surface area (Å²) in [4.78, 5) is 8.52. The van der Waals surface area contributed by atoms with Crippen molar-refractivity contribution in [2.75, 3.05) is 40.0 Å². The van der Waals surface area contributed by atoms with Crippen LogP contribution in [0.15, 0.2) is 0 Å². The van der Waals surface area contributed by atoms with E-state index in [-0.39, 0.29) is 13.6 Å². The molecule has 7 heteroatoms. The van der Waals surface area contributed by atoms with Crippen molar-refractivity contribution in [1.29, 1.82) is 0 Å². The molecule has 0 bridgehead atoms. The van der Waals surface area contributed by atoms with Crippen LogP contribution >= 0.6 is 0 Å². The summed E-state index contributed by atoms with van der Waals surface area (Å²) in [6.45, 7) is 1.75. The lowest BCUT2D eigenvalue weighted by Crippen LogP contribution is -2.13. The predicted octanol–water partition coefficient (Wildman–Crippen LogP) is -1.27. The van der Waals surface area contributed by atoms with E-state index in [4.69, 9.17) is 26.0 Å². The number of nitrogens with two attached hydrogens (primary N) is 2. The Hall–Kier alpha value is -0.280. The van der Waals surface area contributed by atoms with Gasteiger partial charge in [0.1, 0.15) is 13.6 Å². The average Bonchev–Trinajstić information content (AvgIpc) is 2.16. The number of hydrogen-bond donors (Lipinski definition) is 2. The lowest BCUT2D eigenvalue weighted by molar-refractivity contribution is -0.141. The Labute approximate surface area is 76.7 Å². The van der Waals surface area contributed by atoms with Gasteiger partial charge in [-0.1, -0.05) is 0 Å². The second-order valence-corrected chi connectivity index (χ2v) is 2.00. The minimum Gasteiger partial charge on any atom is -0.353 e. The van der Waals surface area contributed by atoms with Gasteiger partial charge in [-0.15, -0.1) is 0 Å². The lowest BCUT2D eigenvalue weighted by atomic mass is 10.8. The molecular formula is C6H16N2O5. The normalized spacial score (nSPS) is 10.6. The van der Waals surface area contributed by atoms with E-state index in [1.54, 1.807) is 0 Å².